The normalized spacial score (nSPS) is 16.0. The van der Waals surface area contributed by atoms with Crippen LogP contribution in [0.25, 0.3) is 22.5 Å². The van der Waals surface area contributed by atoms with E-state index in [1.807, 2.05) is 12.1 Å². The lowest BCUT2D eigenvalue weighted by molar-refractivity contribution is 0.141. The molecule has 43 heavy (non-hydrogen) atoms. The number of nitrogens with one attached hydrogen (secondary N) is 1. The van der Waals surface area contributed by atoms with Crippen molar-refractivity contribution in [2.24, 2.45) is 0 Å². The number of fused-ring (bicyclic) bond motifs is 1. The maximum Gasteiger partial charge on any atom is 0.180 e. The molecule has 1 aliphatic heterocycles. The van der Waals surface area contributed by atoms with Crippen LogP contribution in [0.2, 0.25) is 0 Å². The van der Waals surface area contributed by atoms with Gasteiger partial charge in [0.25, 0.3) is 0 Å². The highest BCUT2D eigenvalue weighted by Gasteiger charge is 2.32. The largest absolute Gasteiger partial charge is 0.383 e. The molecule has 0 bridgehead atoms. The topological polar surface area (TPSA) is 88.0 Å². The Kier molecular flexibility index (Phi) is 7.98. The van der Waals surface area contributed by atoms with E-state index in [1.165, 1.54) is 54.9 Å². The summed E-state index contributed by atoms with van der Waals surface area (Å²) in [6.45, 7) is 4.03. The van der Waals surface area contributed by atoms with E-state index in [2.05, 4.69) is 102 Å². The van der Waals surface area contributed by atoms with Crippen LogP contribution < -0.4 is 4.90 Å². The highest BCUT2D eigenvalue weighted by Crippen LogP contribution is 2.40. The average Bonchev–Trinajstić information content (AvgIpc) is 3.74. The number of nitrogens with zero attached hydrogens (tertiary/aromatic N) is 7. The molecule has 1 fully saturated rings. The third-order valence-corrected chi connectivity index (χ3v) is 8.83. The van der Waals surface area contributed by atoms with Gasteiger partial charge in [0, 0.05) is 43.9 Å². The molecule has 0 amide bonds. The van der Waals surface area contributed by atoms with Gasteiger partial charge in [-0.3, -0.25) is 4.90 Å². The smallest absolute Gasteiger partial charge is 0.180 e. The molecule has 1 aliphatic carbocycles. The van der Waals surface area contributed by atoms with Crippen molar-refractivity contribution in [1.82, 2.24) is 35.1 Å². The van der Waals surface area contributed by atoms with E-state index >= 15 is 0 Å². The van der Waals surface area contributed by atoms with Crippen molar-refractivity contribution in [2.45, 2.75) is 51.1 Å². The van der Waals surface area contributed by atoms with Gasteiger partial charge in [-0.25, -0.2) is 10.1 Å². The van der Waals surface area contributed by atoms with Crippen molar-refractivity contribution in [3.63, 3.8) is 0 Å². The van der Waals surface area contributed by atoms with Crippen LogP contribution in [-0.2, 0) is 17.8 Å². The summed E-state index contributed by atoms with van der Waals surface area (Å²) >= 11 is 0. The summed E-state index contributed by atoms with van der Waals surface area (Å²) in [6, 6.07) is 27.8. The molecule has 3 aromatic carbocycles. The maximum atomic E-state index is 5.48. The first kappa shape index (κ1) is 27.5. The Morgan fingerprint density at radius 2 is 1.65 bits per heavy atom. The van der Waals surface area contributed by atoms with E-state index in [-0.39, 0.29) is 0 Å². The fraction of sp³-hybridized carbons (Fsp3) is 0.353. The number of H-pyrrole nitrogens is 1. The average molecular weight is 575 g/mol. The molecule has 0 saturated heterocycles. The van der Waals surface area contributed by atoms with Gasteiger partial charge in [-0.1, -0.05) is 86.0 Å². The van der Waals surface area contributed by atoms with Crippen LogP contribution in [0.3, 0.4) is 0 Å². The number of aromatic amines is 1. The number of benzene rings is 3. The van der Waals surface area contributed by atoms with E-state index in [4.69, 9.17) is 9.72 Å². The molecule has 2 aromatic heterocycles. The van der Waals surface area contributed by atoms with E-state index in [1.54, 1.807) is 7.11 Å². The maximum absolute atomic E-state index is 5.48. The Hall–Kier alpha value is -4.34. The predicted molar refractivity (Wildman–Crippen MR) is 168 cm³/mol. The van der Waals surface area contributed by atoms with Crippen LogP contribution in [0.15, 0.2) is 78.9 Å². The SMILES string of the molecule is COCCN1Cc2c(nc(C3CCCCC3)n2Cc2ccc(-c3ccccc3-c3nnn[nH]3)cc2)N(c2ccccc2)C1. The van der Waals surface area contributed by atoms with Gasteiger partial charge in [-0.05, 0) is 52.1 Å². The lowest BCUT2D eigenvalue weighted by atomic mass is 9.88. The third-order valence-electron chi connectivity index (χ3n) is 8.83. The van der Waals surface area contributed by atoms with Crippen molar-refractivity contribution in [3.05, 3.63) is 95.9 Å². The number of imidazole rings is 1. The van der Waals surface area contributed by atoms with Crippen LogP contribution in [-0.4, -0.2) is 62.0 Å². The molecule has 0 spiro atoms. The Bertz CT molecular complexity index is 1630. The molecule has 7 rings (SSSR count). The van der Waals surface area contributed by atoms with Crippen LogP contribution in [0.1, 0.15) is 55.1 Å². The molecule has 5 aromatic rings. The summed E-state index contributed by atoms with van der Waals surface area (Å²) in [6.07, 6.45) is 6.30. The van der Waals surface area contributed by atoms with E-state index < -0.39 is 0 Å². The minimum atomic E-state index is 0.492. The van der Waals surface area contributed by atoms with Crippen LogP contribution >= 0.6 is 0 Å². The Morgan fingerprint density at radius 3 is 2.40 bits per heavy atom. The fourth-order valence-electron chi connectivity index (χ4n) is 6.61. The van der Waals surface area contributed by atoms with E-state index in [9.17, 15) is 0 Å². The molecule has 1 saturated carbocycles. The predicted octanol–water partition coefficient (Wildman–Crippen LogP) is 6.38. The first-order chi connectivity index (χ1) is 21.3. The first-order valence-electron chi connectivity index (χ1n) is 15.3. The minimum Gasteiger partial charge on any atom is -0.383 e. The molecule has 0 radical (unpaired) electrons. The summed E-state index contributed by atoms with van der Waals surface area (Å²) in [4.78, 5) is 10.3. The lowest BCUT2D eigenvalue weighted by Gasteiger charge is -2.36. The molecule has 0 atom stereocenters. The van der Waals surface area contributed by atoms with Crippen molar-refractivity contribution >= 4 is 11.5 Å². The zero-order chi connectivity index (χ0) is 29.0. The van der Waals surface area contributed by atoms with Crippen molar-refractivity contribution in [1.29, 1.82) is 0 Å². The van der Waals surface area contributed by atoms with Gasteiger partial charge in [-0.2, -0.15) is 0 Å². The molecule has 0 unspecified atom stereocenters. The zero-order valence-electron chi connectivity index (χ0n) is 24.7. The summed E-state index contributed by atoms with van der Waals surface area (Å²) in [5.74, 6) is 3.51. The number of hydrogen-bond acceptors (Lipinski definition) is 7. The quantitative estimate of drug-likeness (QED) is 0.218. The molecule has 1 N–H and O–H groups in total. The lowest BCUT2D eigenvalue weighted by Crippen LogP contribution is -2.42. The van der Waals surface area contributed by atoms with Crippen LogP contribution in [0, 0.1) is 0 Å². The van der Waals surface area contributed by atoms with Crippen molar-refractivity contribution in [3.8, 4) is 22.5 Å². The molecule has 2 aliphatic rings. The van der Waals surface area contributed by atoms with Crippen molar-refractivity contribution in [2.75, 3.05) is 31.8 Å². The number of tetrazole rings is 1. The third kappa shape index (κ3) is 5.70. The Labute approximate surface area is 252 Å². The number of para-hydroxylation sites is 1. The number of ether oxygens (including phenoxy) is 1. The minimum absolute atomic E-state index is 0.492. The number of rotatable bonds is 9. The highest BCUT2D eigenvalue weighted by atomic mass is 16.5. The molecule has 9 nitrogen and oxygen atoms in total. The first-order valence-corrected chi connectivity index (χ1v) is 15.3. The van der Waals surface area contributed by atoms with Gasteiger partial charge < -0.3 is 14.2 Å². The Balaban J connectivity index is 1.26. The van der Waals surface area contributed by atoms with Gasteiger partial charge in [0.05, 0.1) is 19.0 Å². The second-order valence-corrected chi connectivity index (χ2v) is 11.6. The van der Waals surface area contributed by atoms with Gasteiger partial charge in [0.1, 0.15) is 5.82 Å². The fourth-order valence-corrected chi connectivity index (χ4v) is 6.61. The van der Waals surface area contributed by atoms with Gasteiger partial charge in [0.2, 0.25) is 0 Å². The van der Waals surface area contributed by atoms with Crippen LogP contribution in [0.4, 0.5) is 11.5 Å². The van der Waals surface area contributed by atoms with E-state index in [0.29, 0.717) is 18.3 Å². The van der Waals surface area contributed by atoms with Crippen molar-refractivity contribution < 1.29 is 4.74 Å². The summed E-state index contributed by atoms with van der Waals surface area (Å²) < 4.78 is 8.02. The standard InChI is InChI=1S/C34H38N8O/c1-43-21-20-40-23-31-34(42(24-40)28-12-6-3-7-13-28)35-33(27-10-4-2-5-11-27)41(31)22-25-16-18-26(19-17-25)29-14-8-9-15-30(29)32-36-38-39-37-32/h3,6-9,12-19,27H,2,4-5,10-11,20-24H2,1H3,(H,36,37,38,39). The number of hydrogen-bond donors (Lipinski definition) is 1. The molecular formula is C34H38N8O. The summed E-state index contributed by atoms with van der Waals surface area (Å²) in [7, 11) is 1.78. The summed E-state index contributed by atoms with van der Waals surface area (Å²) in [5, 5.41) is 14.6. The highest BCUT2D eigenvalue weighted by molar-refractivity contribution is 5.80. The summed E-state index contributed by atoms with van der Waals surface area (Å²) in [5.41, 5.74) is 6.95. The molecule has 9 heteroatoms. The molecular weight excluding hydrogens is 536 g/mol. The van der Waals surface area contributed by atoms with Gasteiger partial charge in [0.15, 0.2) is 11.6 Å². The Morgan fingerprint density at radius 1 is 0.884 bits per heavy atom. The van der Waals surface area contributed by atoms with E-state index in [0.717, 1.165) is 48.8 Å². The zero-order valence-corrected chi connectivity index (χ0v) is 24.7. The van der Waals surface area contributed by atoms with Crippen LogP contribution in [0.5, 0.6) is 0 Å². The molecule has 220 valence electrons. The molecule has 3 heterocycles. The van der Waals surface area contributed by atoms with Gasteiger partial charge in [-0.15, -0.1) is 5.10 Å². The van der Waals surface area contributed by atoms with Gasteiger partial charge >= 0.3 is 0 Å². The number of methoxy groups -OCH3 is 1. The second-order valence-electron chi connectivity index (χ2n) is 11.6. The number of aromatic nitrogens is 6. The number of anilines is 2. The monoisotopic (exact) mass is 574 g/mol. The second kappa shape index (κ2) is 12.5.